The van der Waals surface area contributed by atoms with E-state index >= 15 is 0 Å². The number of aryl methyl sites for hydroxylation is 2. The van der Waals surface area contributed by atoms with Crippen molar-refractivity contribution in [3.63, 3.8) is 0 Å². The summed E-state index contributed by atoms with van der Waals surface area (Å²) in [4.78, 5) is 24.6. The van der Waals surface area contributed by atoms with E-state index in [1.54, 1.807) is 4.57 Å². The van der Waals surface area contributed by atoms with Gasteiger partial charge in [0.1, 0.15) is 5.75 Å². The molecule has 0 fully saturated rings. The molecule has 136 valence electrons. The van der Waals surface area contributed by atoms with Crippen LogP contribution in [0.15, 0.2) is 47.3 Å². The average Bonchev–Trinajstić information content (AvgIpc) is 2.95. The van der Waals surface area contributed by atoms with Gasteiger partial charge in [0.25, 0.3) is 5.91 Å². The second kappa shape index (κ2) is 7.74. The predicted molar refractivity (Wildman–Crippen MR) is 106 cm³/mol. The Hall–Kier alpha value is -2.60. The Balaban J connectivity index is 1.78. The number of hydrogen-bond acceptors (Lipinski definition) is 4. The maximum atomic E-state index is 12.6. The zero-order valence-corrected chi connectivity index (χ0v) is 15.9. The fourth-order valence-corrected chi connectivity index (χ4v) is 3.82. The van der Waals surface area contributed by atoms with Crippen molar-refractivity contribution in [2.75, 3.05) is 5.32 Å². The normalized spacial score (nSPS) is 12.1. The van der Waals surface area contributed by atoms with Gasteiger partial charge in [-0.3, -0.25) is 14.2 Å². The van der Waals surface area contributed by atoms with Gasteiger partial charge in [0, 0.05) is 12.2 Å². The van der Waals surface area contributed by atoms with Crippen LogP contribution in [0.4, 0.5) is 5.69 Å². The molecule has 0 unspecified atom stereocenters. The van der Waals surface area contributed by atoms with Crippen molar-refractivity contribution in [3.05, 3.63) is 57.7 Å². The van der Waals surface area contributed by atoms with Gasteiger partial charge in [0.15, 0.2) is 6.10 Å². The van der Waals surface area contributed by atoms with E-state index in [1.807, 2.05) is 63.2 Å². The monoisotopic (exact) mass is 370 g/mol. The number of thiazole rings is 1. The number of anilines is 1. The smallest absolute Gasteiger partial charge is 0.308 e. The number of rotatable bonds is 6. The van der Waals surface area contributed by atoms with E-state index in [0.717, 1.165) is 15.8 Å². The number of ether oxygens (including phenoxy) is 1. The number of hydrogen-bond donors (Lipinski definition) is 1. The Labute approximate surface area is 156 Å². The van der Waals surface area contributed by atoms with Gasteiger partial charge in [0.2, 0.25) is 0 Å². The van der Waals surface area contributed by atoms with Gasteiger partial charge in [0.05, 0.1) is 10.2 Å². The number of benzene rings is 2. The molecule has 0 saturated carbocycles. The van der Waals surface area contributed by atoms with Gasteiger partial charge in [-0.25, -0.2) is 0 Å². The minimum Gasteiger partial charge on any atom is -0.480 e. The molecule has 5 nitrogen and oxygen atoms in total. The van der Waals surface area contributed by atoms with E-state index in [9.17, 15) is 9.59 Å². The highest BCUT2D eigenvalue weighted by molar-refractivity contribution is 7.16. The van der Waals surface area contributed by atoms with Crippen molar-refractivity contribution in [1.29, 1.82) is 0 Å². The molecule has 0 radical (unpaired) electrons. The van der Waals surface area contributed by atoms with E-state index in [4.69, 9.17) is 4.74 Å². The molecule has 0 bridgehead atoms. The van der Waals surface area contributed by atoms with Crippen LogP contribution in [0.25, 0.3) is 10.2 Å². The van der Waals surface area contributed by atoms with Crippen molar-refractivity contribution < 1.29 is 9.53 Å². The lowest BCUT2D eigenvalue weighted by Gasteiger charge is -2.18. The van der Waals surface area contributed by atoms with Crippen molar-refractivity contribution >= 4 is 33.1 Å². The summed E-state index contributed by atoms with van der Waals surface area (Å²) in [6, 6.07) is 13.2. The average molecular weight is 370 g/mol. The molecule has 1 N–H and O–H groups in total. The molecule has 6 heteroatoms. The molecule has 3 rings (SSSR count). The quantitative estimate of drug-likeness (QED) is 0.708. The van der Waals surface area contributed by atoms with Gasteiger partial charge < -0.3 is 10.1 Å². The molecule has 0 spiro atoms. The lowest BCUT2D eigenvalue weighted by atomic mass is 10.2. The molecule has 0 aliphatic carbocycles. The summed E-state index contributed by atoms with van der Waals surface area (Å²) in [6.45, 7) is 6.44. The topological polar surface area (TPSA) is 60.3 Å². The third-order valence-corrected chi connectivity index (χ3v) is 5.22. The lowest BCUT2D eigenvalue weighted by Crippen LogP contribution is -2.32. The molecule has 2 aromatic carbocycles. The molecule has 1 aromatic heterocycles. The van der Waals surface area contributed by atoms with Gasteiger partial charge in [-0.05, 0) is 50.1 Å². The SMILES string of the molecule is CC[C@@H](Oc1ccccc1C)C(=O)Nc1ccc2c(c1)sc(=O)n2CC. The number of nitrogens with one attached hydrogen (secondary N) is 1. The number of nitrogens with zero attached hydrogens (tertiary/aromatic N) is 1. The molecule has 1 heterocycles. The zero-order valence-electron chi connectivity index (χ0n) is 15.1. The molecular weight excluding hydrogens is 348 g/mol. The summed E-state index contributed by atoms with van der Waals surface area (Å²) >= 11 is 1.19. The number of aromatic nitrogens is 1. The largest absolute Gasteiger partial charge is 0.480 e. The number of carbonyl (C=O) groups is 1. The van der Waals surface area contributed by atoms with Crippen LogP contribution >= 0.6 is 11.3 Å². The number of para-hydroxylation sites is 1. The highest BCUT2D eigenvalue weighted by Gasteiger charge is 2.19. The Morgan fingerprint density at radius 2 is 2.00 bits per heavy atom. The molecule has 1 atom stereocenters. The molecule has 0 aliphatic heterocycles. The van der Waals surface area contributed by atoms with E-state index in [1.165, 1.54) is 11.3 Å². The van der Waals surface area contributed by atoms with Gasteiger partial charge in [-0.1, -0.05) is 36.5 Å². The summed E-state index contributed by atoms with van der Waals surface area (Å²) in [5.41, 5.74) is 2.55. The summed E-state index contributed by atoms with van der Waals surface area (Å²) < 4.78 is 8.48. The Morgan fingerprint density at radius 3 is 2.69 bits per heavy atom. The minimum atomic E-state index is -0.578. The van der Waals surface area contributed by atoms with Crippen molar-refractivity contribution in [2.24, 2.45) is 0 Å². The van der Waals surface area contributed by atoms with Crippen LogP contribution < -0.4 is 14.9 Å². The summed E-state index contributed by atoms with van der Waals surface area (Å²) in [5, 5.41) is 2.90. The maximum Gasteiger partial charge on any atom is 0.308 e. The first-order chi connectivity index (χ1) is 12.5. The molecule has 3 aromatic rings. The van der Waals surface area contributed by atoms with Crippen LogP contribution in [0.2, 0.25) is 0 Å². The molecule has 0 saturated heterocycles. The first kappa shape index (κ1) is 18.2. The highest BCUT2D eigenvalue weighted by atomic mass is 32.1. The molecule has 26 heavy (non-hydrogen) atoms. The van der Waals surface area contributed by atoms with Crippen LogP contribution in [-0.2, 0) is 11.3 Å². The van der Waals surface area contributed by atoms with Crippen LogP contribution in [0.5, 0.6) is 5.75 Å². The fraction of sp³-hybridized carbons (Fsp3) is 0.300. The van der Waals surface area contributed by atoms with Crippen LogP contribution in [0.3, 0.4) is 0 Å². The Morgan fingerprint density at radius 1 is 1.23 bits per heavy atom. The number of carbonyl (C=O) groups excluding carboxylic acids is 1. The zero-order chi connectivity index (χ0) is 18.7. The van der Waals surface area contributed by atoms with E-state index in [-0.39, 0.29) is 10.8 Å². The Bertz CT molecular complexity index is 990. The van der Waals surface area contributed by atoms with E-state index in [2.05, 4.69) is 5.32 Å². The Kier molecular flexibility index (Phi) is 5.42. The number of amides is 1. The molecule has 1 amide bonds. The number of fused-ring (bicyclic) bond motifs is 1. The second-order valence-electron chi connectivity index (χ2n) is 6.06. The van der Waals surface area contributed by atoms with Crippen LogP contribution in [0.1, 0.15) is 25.8 Å². The standard InChI is InChI=1S/C20H22N2O3S/c1-4-16(25-17-9-7-6-8-13(17)3)19(23)21-14-10-11-15-18(12-14)26-20(24)22(15)5-2/h6-12,16H,4-5H2,1-3H3,(H,21,23)/t16-/m1/s1. The van der Waals surface area contributed by atoms with Crippen molar-refractivity contribution in [3.8, 4) is 5.75 Å². The van der Waals surface area contributed by atoms with Crippen molar-refractivity contribution in [2.45, 2.75) is 39.8 Å². The molecular formula is C20H22N2O3S. The van der Waals surface area contributed by atoms with Gasteiger partial charge in [-0.15, -0.1) is 0 Å². The first-order valence-electron chi connectivity index (χ1n) is 8.70. The minimum absolute atomic E-state index is 0.0142. The maximum absolute atomic E-state index is 12.6. The fourth-order valence-electron chi connectivity index (χ4n) is 2.83. The van der Waals surface area contributed by atoms with E-state index in [0.29, 0.717) is 24.4 Å². The van der Waals surface area contributed by atoms with Gasteiger partial charge >= 0.3 is 4.87 Å². The summed E-state index contributed by atoms with van der Waals surface area (Å²) in [5.74, 6) is 0.514. The van der Waals surface area contributed by atoms with Gasteiger partial charge in [-0.2, -0.15) is 0 Å². The van der Waals surface area contributed by atoms with Crippen molar-refractivity contribution in [1.82, 2.24) is 4.57 Å². The highest BCUT2D eigenvalue weighted by Crippen LogP contribution is 2.23. The third-order valence-electron chi connectivity index (χ3n) is 4.28. The van der Waals surface area contributed by atoms with Crippen LogP contribution in [0, 0.1) is 6.92 Å². The first-order valence-corrected chi connectivity index (χ1v) is 9.51. The third kappa shape index (κ3) is 3.65. The predicted octanol–water partition coefficient (Wildman–Crippen LogP) is 4.19. The second-order valence-corrected chi connectivity index (χ2v) is 7.06. The summed E-state index contributed by atoms with van der Waals surface area (Å²) in [7, 11) is 0. The molecule has 0 aliphatic rings. The summed E-state index contributed by atoms with van der Waals surface area (Å²) in [6.07, 6.45) is -0.0205. The lowest BCUT2D eigenvalue weighted by molar-refractivity contribution is -0.122. The van der Waals surface area contributed by atoms with E-state index < -0.39 is 6.10 Å². The van der Waals surface area contributed by atoms with Crippen LogP contribution in [-0.4, -0.2) is 16.6 Å².